The number of hydrogen-bond donors (Lipinski definition) is 0. The molecule has 0 aliphatic heterocycles. The summed E-state index contributed by atoms with van der Waals surface area (Å²) in [7, 11) is 0. The van der Waals surface area contributed by atoms with Crippen LogP contribution >= 0.6 is 11.6 Å². The van der Waals surface area contributed by atoms with Crippen LogP contribution in [0.25, 0.3) is 11.1 Å². The molecule has 0 amide bonds. The first-order valence-corrected chi connectivity index (χ1v) is 12.3. The highest BCUT2D eigenvalue weighted by Gasteiger charge is 2.10. The fourth-order valence-corrected chi connectivity index (χ4v) is 3.88. The van der Waals surface area contributed by atoms with Crippen LogP contribution in [-0.4, -0.2) is 12.6 Å². The van der Waals surface area contributed by atoms with Crippen molar-refractivity contribution in [2.75, 3.05) is 6.61 Å². The molecule has 33 heavy (non-hydrogen) atoms. The van der Waals surface area contributed by atoms with Gasteiger partial charge in [0, 0.05) is 5.02 Å². The Morgan fingerprint density at radius 1 is 0.758 bits per heavy atom. The number of unbranched alkanes of at least 4 members (excludes halogenated alkanes) is 4. The van der Waals surface area contributed by atoms with Crippen LogP contribution in [0, 0.1) is 0 Å². The molecule has 0 N–H and O–H groups in total. The maximum Gasteiger partial charge on any atom is 0.343 e. The summed E-state index contributed by atoms with van der Waals surface area (Å²) in [6.07, 6.45) is 7.93. The lowest BCUT2D eigenvalue weighted by molar-refractivity contribution is 0.0734. The van der Waals surface area contributed by atoms with Crippen molar-refractivity contribution in [1.82, 2.24) is 0 Å². The van der Waals surface area contributed by atoms with Crippen LogP contribution in [0.3, 0.4) is 0 Å². The van der Waals surface area contributed by atoms with E-state index in [0.717, 1.165) is 47.6 Å². The van der Waals surface area contributed by atoms with Gasteiger partial charge in [0.15, 0.2) is 0 Å². The van der Waals surface area contributed by atoms with E-state index in [-0.39, 0.29) is 5.97 Å². The molecule has 0 aliphatic rings. The van der Waals surface area contributed by atoms with Crippen molar-refractivity contribution in [3.05, 3.63) is 82.9 Å². The molecule has 0 saturated carbocycles. The molecule has 3 aromatic rings. The minimum absolute atomic E-state index is 0.387. The second kappa shape index (κ2) is 13.1. The zero-order valence-corrected chi connectivity index (χ0v) is 20.4. The van der Waals surface area contributed by atoms with Crippen molar-refractivity contribution >= 4 is 17.6 Å². The summed E-state index contributed by atoms with van der Waals surface area (Å²) in [5.41, 5.74) is 3.74. The lowest BCUT2D eigenvalue weighted by atomic mass is 10.0. The third-order valence-electron chi connectivity index (χ3n) is 5.61. The third kappa shape index (κ3) is 7.64. The molecule has 0 aliphatic carbocycles. The molecule has 0 fully saturated rings. The van der Waals surface area contributed by atoms with Crippen LogP contribution < -0.4 is 9.47 Å². The Bertz CT molecular complexity index is 1010. The summed E-state index contributed by atoms with van der Waals surface area (Å²) in [5, 5.41) is 0.796. The van der Waals surface area contributed by atoms with E-state index in [2.05, 4.69) is 26.0 Å². The molecule has 0 bridgehead atoms. The Balaban J connectivity index is 1.57. The number of carbonyl (C=O) groups excluding carboxylic acids is 1. The van der Waals surface area contributed by atoms with E-state index < -0.39 is 0 Å². The van der Waals surface area contributed by atoms with Gasteiger partial charge in [0.2, 0.25) is 0 Å². The Labute approximate surface area is 202 Å². The first-order valence-electron chi connectivity index (χ1n) is 11.9. The number of esters is 1. The molecule has 0 radical (unpaired) electrons. The Kier molecular flexibility index (Phi) is 9.83. The second-order valence-electron chi connectivity index (χ2n) is 8.26. The van der Waals surface area contributed by atoms with E-state index >= 15 is 0 Å². The minimum Gasteiger partial charge on any atom is -0.494 e. The van der Waals surface area contributed by atoms with Crippen LogP contribution in [0.2, 0.25) is 5.02 Å². The van der Waals surface area contributed by atoms with Crippen molar-refractivity contribution in [3.63, 3.8) is 0 Å². The van der Waals surface area contributed by atoms with E-state index in [1.807, 2.05) is 30.3 Å². The number of ether oxygens (including phenoxy) is 2. The predicted octanol–water partition coefficient (Wildman–Crippen LogP) is 8.53. The summed E-state index contributed by atoms with van der Waals surface area (Å²) >= 11 is 6.50. The molecular weight excluding hydrogens is 432 g/mol. The van der Waals surface area contributed by atoms with E-state index in [0.29, 0.717) is 17.9 Å². The quantitative estimate of drug-likeness (QED) is 0.153. The maximum absolute atomic E-state index is 12.5. The molecule has 0 saturated heterocycles. The van der Waals surface area contributed by atoms with Gasteiger partial charge < -0.3 is 9.47 Å². The van der Waals surface area contributed by atoms with Crippen molar-refractivity contribution < 1.29 is 14.3 Å². The van der Waals surface area contributed by atoms with Crippen molar-refractivity contribution in [2.24, 2.45) is 0 Å². The average Bonchev–Trinajstić information content (AvgIpc) is 2.84. The molecule has 0 heterocycles. The molecule has 0 atom stereocenters. The SMILES string of the molecule is CCCCCOc1ccc(OC(=O)c2ccc(-c3ccc(CCCCC)c(Cl)c3)cc2)cc1. The fourth-order valence-electron chi connectivity index (χ4n) is 3.61. The normalized spacial score (nSPS) is 10.8. The molecule has 174 valence electrons. The summed E-state index contributed by atoms with van der Waals surface area (Å²) < 4.78 is 11.2. The molecule has 3 rings (SSSR count). The van der Waals surface area contributed by atoms with Crippen LogP contribution in [0.4, 0.5) is 0 Å². The van der Waals surface area contributed by atoms with Gasteiger partial charge in [-0.3, -0.25) is 0 Å². The van der Waals surface area contributed by atoms with Crippen LogP contribution in [0.5, 0.6) is 11.5 Å². The average molecular weight is 465 g/mol. The smallest absolute Gasteiger partial charge is 0.343 e. The van der Waals surface area contributed by atoms with Gasteiger partial charge in [0.05, 0.1) is 12.2 Å². The molecule has 0 unspecified atom stereocenters. The first-order chi connectivity index (χ1) is 16.1. The van der Waals surface area contributed by atoms with Gasteiger partial charge in [-0.15, -0.1) is 0 Å². The monoisotopic (exact) mass is 464 g/mol. The van der Waals surface area contributed by atoms with Crippen LogP contribution in [-0.2, 0) is 6.42 Å². The molecule has 0 aromatic heterocycles. The molecular formula is C29H33ClO3. The van der Waals surface area contributed by atoms with Gasteiger partial charge in [0.25, 0.3) is 0 Å². The van der Waals surface area contributed by atoms with Crippen molar-refractivity contribution in [2.45, 2.75) is 58.8 Å². The number of hydrogen-bond acceptors (Lipinski definition) is 3. The Morgan fingerprint density at radius 3 is 2.06 bits per heavy atom. The Hall–Kier alpha value is -2.78. The van der Waals surface area contributed by atoms with Gasteiger partial charge in [-0.1, -0.05) is 75.4 Å². The minimum atomic E-state index is -0.387. The largest absolute Gasteiger partial charge is 0.494 e. The lowest BCUT2D eigenvalue weighted by Gasteiger charge is -2.09. The van der Waals surface area contributed by atoms with Gasteiger partial charge in [-0.05, 0) is 78.4 Å². The summed E-state index contributed by atoms with van der Waals surface area (Å²) in [5.74, 6) is 0.892. The fraction of sp³-hybridized carbons (Fsp3) is 0.345. The number of rotatable bonds is 12. The zero-order chi connectivity index (χ0) is 23.5. The molecule has 0 spiro atoms. The highest BCUT2D eigenvalue weighted by molar-refractivity contribution is 6.31. The molecule has 3 nitrogen and oxygen atoms in total. The first kappa shape index (κ1) is 24.9. The second-order valence-corrected chi connectivity index (χ2v) is 8.66. The van der Waals surface area contributed by atoms with E-state index in [9.17, 15) is 4.79 Å². The number of aryl methyl sites for hydroxylation is 1. The topological polar surface area (TPSA) is 35.5 Å². The van der Waals surface area contributed by atoms with Crippen molar-refractivity contribution in [3.8, 4) is 22.6 Å². The van der Waals surface area contributed by atoms with Crippen LogP contribution in [0.1, 0.15) is 68.3 Å². The summed E-state index contributed by atoms with van der Waals surface area (Å²) in [6.45, 7) is 5.07. The predicted molar refractivity (Wildman–Crippen MR) is 137 cm³/mol. The van der Waals surface area contributed by atoms with Gasteiger partial charge in [-0.25, -0.2) is 4.79 Å². The van der Waals surface area contributed by atoms with E-state index in [4.69, 9.17) is 21.1 Å². The van der Waals surface area contributed by atoms with E-state index in [1.165, 1.54) is 24.8 Å². The van der Waals surface area contributed by atoms with Gasteiger partial charge in [-0.2, -0.15) is 0 Å². The molecule has 3 aromatic carbocycles. The number of benzene rings is 3. The standard InChI is InChI=1S/C29H33ClO3/c1-3-5-7-9-23-12-15-25(21-28(23)30)22-10-13-24(14-11-22)29(31)33-27-18-16-26(17-19-27)32-20-8-6-4-2/h10-19,21H,3-9,20H2,1-2H3. The Morgan fingerprint density at radius 2 is 1.39 bits per heavy atom. The zero-order valence-electron chi connectivity index (χ0n) is 19.6. The third-order valence-corrected chi connectivity index (χ3v) is 5.96. The molecule has 4 heteroatoms. The lowest BCUT2D eigenvalue weighted by Crippen LogP contribution is -2.08. The summed E-state index contributed by atoms with van der Waals surface area (Å²) in [6, 6.07) is 20.8. The highest BCUT2D eigenvalue weighted by atomic mass is 35.5. The highest BCUT2D eigenvalue weighted by Crippen LogP contribution is 2.27. The number of carbonyl (C=O) groups is 1. The number of halogens is 1. The van der Waals surface area contributed by atoms with Gasteiger partial charge >= 0.3 is 5.97 Å². The summed E-state index contributed by atoms with van der Waals surface area (Å²) in [4.78, 5) is 12.5. The van der Waals surface area contributed by atoms with Crippen LogP contribution in [0.15, 0.2) is 66.7 Å². The van der Waals surface area contributed by atoms with E-state index in [1.54, 1.807) is 24.3 Å². The maximum atomic E-state index is 12.5. The van der Waals surface area contributed by atoms with Gasteiger partial charge in [0.1, 0.15) is 11.5 Å². The van der Waals surface area contributed by atoms with Crippen molar-refractivity contribution in [1.29, 1.82) is 0 Å².